The summed E-state index contributed by atoms with van der Waals surface area (Å²) in [6.45, 7) is 2.70. The number of hydrogen-bond donors (Lipinski definition) is 1. The SMILES string of the molecule is CCOc1ccccc1C(CSc1nccs1)NC. The van der Waals surface area contributed by atoms with Gasteiger partial charge in [-0.25, -0.2) is 4.98 Å². The van der Waals surface area contributed by atoms with Gasteiger partial charge >= 0.3 is 0 Å². The summed E-state index contributed by atoms with van der Waals surface area (Å²) in [6, 6.07) is 8.47. The van der Waals surface area contributed by atoms with Gasteiger partial charge in [0.25, 0.3) is 0 Å². The highest BCUT2D eigenvalue weighted by Crippen LogP contribution is 2.30. The number of rotatable bonds is 7. The fourth-order valence-corrected chi connectivity index (χ4v) is 3.61. The van der Waals surface area contributed by atoms with Crippen LogP contribution >= 0.6 is 23.1 Å². The Labute approximate surface area is 122 Å². The van der Waals surface area contributed by atoms with E-state index in [0.717, 1.165) is 15.8 Å². The summed E-state index contributed by atoms with van der Waals surface area (Å²) in [5, 5.41) is 5.36. The zero-order valence-corrected chi connectivity index (χ0v) is 12.8. The van der Waals surface area contributed by atoms with Crippen LogP contribution in [0.15, 0.2) is 40.2 Å². The Balaban J connectivity index is 2.08. The standard InChI is InChI=1S/C14H18N2OS2/c1-3-17-13-7-5-4-6-11(13)12(15-2)10-19-14-16-8-9-18-14/h4-9,12,15H,3,10H2,1-2H3. The van der Waals surface area contributed by atoms with E-state index in [-0.39, 0.29) is 6.04 Å². The van der Waals surface area contributed by atoms with E-state index in [2.05, 4.69) is 22.4 Å². The highest BCUT2D eigenvalue weighted by Gasteiger charge is 2.15. The summed E-state index contributed by atoms with van der Waals surface area (Å²) in [7, 11) is 1.98. The molecule has 3 nitrogen and oxygen atoms in total. The molecular weight excluding hydrogens is 276 g/mol. The summed E-state index contributed by atoms with van der Waals surface area (Å²) in [5.41, 5.74) is 1.20. The minimum atomic E-state index is 0.261. The van der Waals surface area contributed by atoms with Gasteiger partial charge in [0, 0.05) is 28.9 Å². The van der Waals surface area contributed by atoms with Gasteiger partial charge < -0.3 is 10.1 Å². The van der Waals surface area contributed by atoms with Crippen molar-refractivity contribution in [3.05, 3.63) is 41.4 Å². The van der Waals surface area contributed by atoms with Gasteiger partial charge in [0.15, 0.2) is 0 Å². The number of hydrogen-bond acceptors (Lipinski definition) is 5. The van der Waals surface area contributed by atoms with E-state index < -0.39 is 0 Å². The smallest absolute Gasteiger partial charge is 0.149 e. The van der Waals surface area contributed by atoms with Crippen molar-refractivity contribution in [2.75, 3.05) is 19.4 Å². The molecule has 0 saturated carbocycles. The zero-order chi connectivity index (χ0) is 13.5. The summed E-state index contributed by atoms with van der Waals surface area (Å²) < 4.78 is 6.80. The number of thiazole rings is 1. The second-order valence-electron chi connectivity index (χ2n) is 3.92. The van der Waals surface area contributed by atoms with Crippen LogP contribution in [0.1, 0.15) is 18.5 Å². The molecule has 1 N–H and O–H groups in total. The fraction of sp³-hybridized carbons (Fsp3) is 0.357. The lowest BCUT2D eigenvalue weighted by molar-refractivity contribution is 0.333. The van der Waals surface area contributed by atoms with Crippen molar-refractivity contribution in [2.45, 2.75) is 17.3 Å². The first-order chi connectivity index (χ1) is 9.35. The van der Waals surface area contributed by atoms with Gasteiger partial charge in [-0.05, 0) is 20.0 Å². The Bertz CT molecular complexity index is 488. The molecule has 19 heavy (non-hydrogen) atoms. The molecule has 1 unspecified atom stereocenters. The molecule has 102 valence electrons. The van der Waals surface area contributed by atoms with Crippen molar-refractivity contribution >= 4 is 23.1 Å². The van der Waals surface area contributed by atoms with Crippen LogP contribution in [0.2, 0.25) is 0 Å². The van der Waals surface area contributed by atoms with Gasteiger partial charge in [-0.1, -0.05) is 30.0 Å². The van der Waals surface area contributed by atoms with Crippen molar-refractivity contribution in [1.29, 1.82) is 0 Å². The van der Waals surface area contributed by atoms with E-state index >= 15 is 0 Å². The maximum atomic E-state index is 5.69. The Morgan fingerprint density at radius 3 is 2.95 bits per heavy atom. The number of aromatic nitrogens is 1. The number of nitrogens with zero attached hydrogens (tertiary/aromatic N) is 1. The molecule has 1 atom stereocenters. The fourth-order valence-electron chi connectivity index (χ4n) is 1.82. The third kappa shape index (κ3) is 3.96. The van der Waals surface area contributed by atoms with Crippen LogP contribution in [0.3, 0.4) is 0 Å². The summed E-state index contributed by atoms with van der Waals surface area (Å²) >= 11 is 3.45. The number of nitrogens with one attached hydrogen (secondary N) is 1. The first-order valence-electron chi connectivity index (χ1n) is 6.26. The predicted molar refractivity (Wildman–Crippen MR) is 82.2 cm³/mol. The molecule has 1 aromatic carbocycles. The number of para-hydroxylation sites is 1. The minimum Gasteiger partial charge on any atom is -0.494 e. The van der Waals surface area contributed by atoms with Crippen molar-refractivity contribution in [1.82, 2.24) is 10.3 Å². The van der Waals surface area contributed by atoms with Gasteiger partial charge in [0.2, 0.25) is 0 Å². The second-order valence-corrected chi connectivity index (χ2v) is 6.08. The van der Waals surface area contributed by atoms with E-state index in [9.17, 15) is 0 Å². The molecule has 1 aromatic heterocycles. The third-order valence-electron chi connectivity index (χ3n) is 2.73. The maximum absolute atomic E-state index is 5.69. The minimum absolute atomic E-state index is 0.261. The highest BCUT2D eigenvalue weighted by atomic mass is 32.2. The van der Waals surface area contributed by atoms with Crippen LogP contribution in [-0.2, 0) is 0 Å². The van der Waals surface area contributed by atoms with Gasteiger partial charge in [0.1, 0.15) is 10.1 Å². The Morgan fingerprint density at radius 1 is 1.42 bits per heavy atom. The number of ether oxygens (including phenoxy) is 1. The highest BCUT2D eigenvalue weighted by molar-refractivity contribution is 8.01. The van der Waals surface area contributed by atoms with Crippen molar-refractivity contribution in [2.24, 2.45) is 0 Å². The first-order valence-corrected chi connectivity index (χ1v) is 8.13. The van der Waals surface area contributed by atoms with E-state index in [1.54, 1.807) is 23.1 Å². The van der Waals surface area contributed by atoms with Crippen molar-refractivity contribution in [3.63, 3.8) is 0 Å². The van der Waals surface area contributed by atoms with E-state index in [4.69, 9.17) is 4.74 Å². The molecular formula is C14H18N2OS2. The molecule has 1 heterocycles. The maximum Gasteiger partial charge on any atom is 0.149 e. The normalized spacial score (nSPS) is 12.3. The second kappa shape index (κ2) is 7.53. The Morgan fingerprint density at radius 2 is 2.26 bits per heavy atom. The van der Waals surface area contributed by atoms with Gasteiger partial charge in [-0.3, -0.25) is 0 Å². The molecule has 0 aliphatic rings. The van der Waals surface area contributed by atoms with Crippen LogP contribution in [0.5, 0.6) is 5.75 Å². The average Bonchev–Trinajstić information content (AvgIpc) is 2.95. The Kier molecular flexibility index (Phi) is 5.69. The summed E-state index contributed by atoms with van der Waals surface area (Å²) in [6.07, 6.45) is 1.84. The zero-order valence-electron chi connectivity index (χ0n) is 11.1. The molecule has 0 amide bonds. The molecule has 0 saturated heterocycles. The molecule has 0 radical (unpaired) electrons. The van der Waals surface area contributed by atoms with E-state index in [1.165, 1.54) is 5.56 Å². The molecule has 0 aliphatic heterocycles. The number of benzene rings is 1. The number of thioether (sulfide) groups is 1. The summed E-state index contributed by atoms with van der Waals surface area (Å²) in [5.74, 6) is 1.90. The molecule has 0 spiro atoms. The Hall–Kier alpha value is -1.04. The average molecular weight is 294 g/mol. The lowest BCUT2D eigenvalue weighted by atomic mass is 10.1. The molecule has 0 fully saturated rings. The van der Waals surface area contributed by atoms with Crippen LogP contribution in [0.25, 0.3) is 0 Å². The van der Waals surface area contributed by atoms with Gasteiger partial charge in [0.05, 0.1) is 6.61 Å². The molecule has 0 aliphatic carbocycles. The van der Waals surface area contributed by atoms with E-state index in [1.807, 2.05) is 37.7 Å². The lowest BCUT2D eigenvalue weighted by Crippen LogP contribution is -2.19. The molecule has 2 aromatic rings. The molecule has 5 heteroatoms. The summed E-state index contributed by atoms with van der Waals surface area (Å²) in [4.78, 5) is 4.30. The predicted octanol–water partition coefficient (Wildman–Crippen LogP) is 3.59. The van der Waals surface area contributed by atoms with Gasteiger partial charge in [-0.2, -0.15) is 0 Å². The monoisotopic (exact) mass is 294 g/mol. The van der Waals surface area contributed by atoms with Crippen LogP contribution in [0.4, 0.5) is 0 Å². The first kappa shape index (κ1) is 14.4. The molecule has 0 bridgehead atoms. The molecule has 2 rings (SSSR count). The topological polar surface area (TPSA) is 34.1 Å². The van der Waals surface area contributed by atoms with Gasteiger partial charge in [-0.15, -0.1) is 11.3 Å². The van der Waals surface area contributed by atoms with E-state index in [0.29, 0.717) is 6.61 Å². The largest absolute Gasteiger partial charge is 0.494 e. The van der Waals surface area contributed by atoms with Crippen LogP contribution in [-0.4, -0.2) is 24.4 Å². The van der Waals surface area contributed by atoms with Crippen molar-refractivity contribution < 1.29 is 4.74 Å². The van der Waals surface area contributed by atoms with Crippen LogP contribution < -0.4 is 10.1 Å². The van der Waals surface area contributed by atoms with Crippen molar-refractivity contribution in [3.8, 4) is 5.75 Å². The lowest BCUT2D eigenvalue weighted by Gasteiger charge is -2.19. The quantitative estimate of drug-likeness (QED) is 0.791. The van der Waals surface area contributed by atoms with Crippen LogP contribution in [0, 0.1) is 0 Å². The third-order valence-corrected chi connectivity index (χ3v) is 4.79.